The molecular weight excluding hydrogens is 192 g/mol. The van der Waals surface area contributed by atoms with E-state index in [1.165, 1.54) is 25.7 Å². The molecule has 0 fully saturated rings. The average Bonchev–Trinajstić information content (AvgIpc) is 2.08. The normalized spacial score (nSPS) is 14.4. The Hall–Kier alpha value is 0.310. The smallest absolute Gasteiger partial charge is 0.0630 e. The Morgan fingerprint density at radius 1 is 1.14 bits per heavy atom. The van der Waals surface area contributed by atoms with E-state index in [2.05, 4.69) is 27.7 Å². The van der Waals surface area contributed by atoms with Crippen molar-refractivity contribution in [1.82, 2.24) is 0 Å². The van der Waals surface area contributed by atoms with Crippen LogP contribution >= 0.6 is 11.8 Å². The van der Waals surface area contributed by atoms with Crippen LogP contribution < -0.4 is 0 Å². The van der Waals surface area contributed by atoms with Gasteiger partial charge >= 0.3 is 0 Å². The highest BCUT2D eigenvalue weighted by Crippen LogP contribution is 2.24. The summed E-state index contributed by atoms with van der Waals surface area (Å²) in [5.74, 6) is 0.885. The Morgan fingerprint density at radius 3 is 2.29 bits per heavy atom. The largest absolute Gasteiger partial charge is 0.392 e. The first-order valence-corrected chi connectivity index (χ1v) is 6.76. The molecule has 0 rings (SSSR count). The Balaban J connectivity index is 3.32. The van der Waals surface area contributed by atoms with Gasteiger partial charge in [0.05, 0.1) is 6.10 Å². The maximum atomic E-state index is 9.69. The van der Waals surface area contributed by atoms with Crippen molar-refractivity contribution in [2.45, 2.75) is 70.7 Å². The molecule has 0 bridgehead atoms. The Kier molecular flexibility index (Phi) is 7.75. The van der Waals surface area contributed by atoms with Gasteiger partial charge in [0.15, 0.2) is 0 Å². The molecule has 0 aromatic heterocycles. The number of rotatable bonds is 7. The summed E-state index contributed by atoms with van der Waals surface area (Å²) in [6.07, 6.45) is 5.90. The topological polar surface area (TPSA) is 20.2 Å². The van der Waals surface area contributed by atoms with E-state index >= 15 is 0 Å². The van der Waals surface area contributed by atoms with Crippen LogP contribution in [0.1, 0.15) is 59.8 Å². The van der Waals surface area contributed by atoms with Gasteiger partial charge in [-0.15, -0.1) is 0 Å². The molecule has 14 heavy (non-hydrogen) atoms. The highest BCUT2D eigenvalue weighted by molar-refractivity contribution is 8.00. The minimum atomic E-state index is -0.101. The first-order chi connectivity index (χ1) is 6.45. The van der Waals surface area contributed by atoms with E-state index in [0.717, 1.165) is 12.2 Å². The van der Waals surface area contributed by atoms with Gasteiger partial charge in [-0.05, 0) is 6.42 Å². The van der Waals surface area contributed by atoms with Gasteiger partial charge in [-0.1, -0.05) is 53.4 Å². The summed E-state index contributed by atoms with van der Waals surface area (Å²) in [5, 5.41) is 9.69. The molecule has 0 saturated carbocycles. The fourth-order valence-electron chi connectivity index (χ4n) is 1.24. The van der Waals surface area contributed by atoms with Gasteiger partial charge in [-0.25, -0.2) is 0 Å². The van der Waals surface area contributed by atoms with Crippen LogP contribution in [0, 0.1) is 0 Å². The molecule has 1 nitrogen and oxygen atoms in total. The molecule has 2 heteroatoms. The average molecular weight is 218 g/mol. The summed E-state index contributed by atoms with van der Waals surface area (Å²) in [6, 6.07) is 0. The van der Waals surface area contributed by atoms with Crippen LogP contribution in [-0.2, 0) is 0 Å². The van der Waals surface area contributed by atoms with E-state index in [0.29, 0.717) is 0 Å². The lowest BCUT2D eigenvalue weighted by molar-refractivity contribution is 0.184. The van der Waals surface area contributed by atoms with Crippen LogP contribution in [0.4, 0.5) is 0 Å². The van der Waals surface area contributed by atoms with E-state index in [4.69, 9.17) is 0 Å². The number of thioether (sulfide) groups is 1. The number of aliphatic hydroxyl groups excluding tert-OH is 1. The highest BCUT2D eigenvalue weighted by atomic mass is 32.2. The summed E-state index contributed by atoms with van der Waals surface area (Å²) >= 11 is 1.86. The highest BCUT2D eigenvalue weighted by Gasteiger charge is 2.13. The van der Waals surface area contributed by atoms with Crippen molar-refractivity contribution in [1.29, 1.82) is 0 Å². The van der Waals surface area contributed by atoms with Crippen molar-refractivity contribution in [3.05, 3.63) is 0 Å². The predicted octanol–water partition coefficient (Wildman–Crippen LogP) is 3.85. The quantitative estimate of drug-likeness (QED) is 0.655. The van der Waals surface area contributed by atoms with Crippen LogP contribution in [-0.4, -0.2) is 21.7 Å². The second-order valence-electron chi connectivity index (χ2n) is 4.93. The van der Waals surface area contributed by atoms with Gasteiger partial charge in [0.2, 0.25) is 0 Å². The molecule has 1 N–H and O–H groups in total. The first-order valence-electron chi connectivity index (χ1n) is 5.77. The van der Waals surface area contributed by atoms with Crippen molar-refractivity contribution in [3.63, 3.8) is 0 Å². The summed E-state index contributed by atoms with van der Waals surface area (Å²) in [6.45, 7) is 8.80. The van der Waals surface area contributed by atoms with Crippen LogP contribution in [0.2, 0.25) is 0 Å². The van der Waals surface area contributed by atoms with E-state index in [1.807, 2.05) is 11.8 Å². The third-order valence-electron chi connectivity index (χ3n) is 2.10. The fourth-order valence-corrected chi connectivity index (χ4v) is 2.10. The Labute approximate surface area is 93.7 Å². The minimum absolute atomic E-state index is 0.101. The molecule has 1 atom stereocenters. The Bertz CT molecular complexity index is 129. The van der Waals surface area contributed by atoms with Gasteiger partial charge < -0.3 is 5.11 Å². The van der Waals surface area contributed by atoms with Crippen molar-refractivity contribution in [2.24, 2.45) is 0 Å². The zero-order valence-electron chi connectivity index (χ0n) is 10.2. The summed E-state index contributed by atoms with van der Waals surface area (Å²) in [4.78, 5) is 0. The monoisotopic (exact) mass is 218 g/mol. The van der Waals surface area contributed by atoms with E-state index in [1.54, 1.807) is 0 Å². The zero-order chi connectivity index (χ0) is 11.0. The summed E-state index contributed by atoms with van der Waals surface area (Å²) in [7, 11) is 0. The maximum absolute atomic E-state index is 9.69. The SMILES string of the molecule is CCCCCC[C@@H](O)CSC(C)(C)C. The second-order valence-corrected chi connectivity index (χ2v) is 6.77. The standard InChI is InChI=1S/C12H26OS/c1-5-6-7-8-9-11(13)10-14-12(2,3)4/h11,13H,5-10H2,1-4H3/t11-/m1/s1. The number of aliphatic hydroxyl groups is 1. The molecule has 0 saturated heterocycles. The van der Waals surface area contributed by atoms with Crippen molar-refractivity contribution >= 4 is 11.8 Å². The fraction of sp³-hybridized carbons (Fsp3) is 1.00. The van der Waals surface area contributed by atoms with Crippen LogP contribution in [0.25, 0.3) is 0 Å². The van der Waals surface area contributed by atoms with Crippen molar-refractivity contribution in [3.8, 4) is 0 Å². The molecule has 0 aliphatic heterocycles. The third kappa shape index (κ3) is 10.4. The van der Waals surface area contributed by atoms with E-state index < -0.39 is 0 Å². The molecule has 0 heterocycles. The molecule has 0 aromatic rings. The van der Waals surface area contributed by atoms with Crippen molar-refractivity contribution < 1.29 is 5.11 Å². The molecule has 0 unspecified atom stereocenters. The zero-order valence-corrected chi connectivity index (χ0v) is 11.0. The van der Waals surface area contributed by atoms with Gasteiger partial charge in [-0.3, -0.25) is 0 Å². The lowest BCUT2D eigenvalue weighted by Crippen LogP contribution is -2.16. The molecule has 0 aliphatic rings. The maximum Gasteiger partial charge on any atom is 0.0630 e. The van der Waals surface area contributed by atoms with Crippen molar-refractivity contribution in [2.75, 3.05) is 5.75 Å². The van der Waals surface area contributed by atoms with Gasteiger partial charge in [0.25, 0.3) is 0 Å². The van der Waals surface area contributed by atoms with Crippen LogP contribution in [0.5, 0.6) is 0 Å². The molecule has 0 aliphatic carbocycles. The second kappa shape index (κ2) is 7.58. The molecule has 0 spiro atoms. The van der Waals surface area contributed by atoms with Gasteiger partial charge in [0.1, 0.15) is 0 Å². The molecule has 0 radical (unpaired) electrons. The molecule has 86 valence electrons. The number of unbranched alkanes of at least 4 members (excludes halogenated alkanes) is 3. The molecule has 0 amide bonds. The number of hydrogen-bond acceptors (Lipinski definition) is 2. The predicted molar refractivity (Wildman–Crippen MR) is 67.0 cm³/mol. The lowest BCUT2D eigenvalue weighted by Gasteiger charge is -2.19. The first kappa shape index (κ1) is 14.3. The number of hydrogen-bond donors (Lipinski definition) is 1. The lowest BCUT2D eigenvalue weighted by atomic mass is 10.1. The van der Waals surface area contributed by atoms with Crippen LogP contribution in [0.15, 0.2) is 0 Å². The van der Waals surface area contributed by atoms with Gasteiger partial charge in [0, 0.05) is 10.5 Å². The Morgan fingerprint density at radius 2 is 1.79 bits per heavy atom. The summed E-state index contributed by atoms with van der Waals surface area (Å²) in [5.41, 5.74) is 0. The van der Waals surface area contributed by atoms with E-state index in [9.17, 15) is 5.11 Å². The van der Waals surface area contributed by atoms with Gasteiger partial charge in [-0.2, -0.15) is 11.8 Å². The van der Waals surface area contributed by atoms with E-state index in [-0.39, 0.29) is 10.9 Å². The summed E-state index contributed by atoms with van der Waals surface area (Å²) < 4.78 is 0.282. The molecule has 0 aromatic carbocycles. The third-order valence-corrected chi connectivity index (χ3v) is 3.52. The molecular formula is C12H26OS. The minimum Gasteiger partial charge on any atom is -0.392 e. The van der Waals surface area contributed by atoms with Crippen LogP contribution in [0.3, 0.4) is 0 Å².